The molecule has 0 saturated carbocycles. The molecule has 0 bridgehead atoms. The summed E-state index contributed by atoms with van der Waals surface area (Å²) in [7, 11) is -0.859. The fraction of sp³-hybridized carbons (Fsp3) is 0.312. The maximum Gasteiger partial charge on any atom is 0.303 e. The van der Waals surface area contributed by atoms with E-state index in [1.807, 2.05) is 48.5 Å². The summed E-state index contributed by atoms with van der Waals surface area (Å²) >= 11 is 0. The molecule has 1 heterocycles. The second kappa shape index (κ2) is 14.8. The SMILES string of the molecule is CC(=O)OCC1OC(Oc2ccc(P(c3ccccc3)c3ccccc3)cc2)C(OC(C)=O)C(OC(C)=O)C1OC(C)=O. The largest absolute Gasteiger partial charge is 0.463 e. The summed E-state index contributed by atoms with van der Waals surface area (Å²) in [6.45, 7) is 4.38. The third-order valence-electron chi connectivity index (χ3n) is 6.32. The molecular weight excluding hydrogens is 575 g/mol. The molecule has 5 atom stereocenters. The van der Waals surface area contributed by atoms with E-state index in [2.05, 4.69) is 24.3 Å². The molecule has 3 aromatic carbocycles. The van der Waals surface area contributed by atoms with Crippen molar-refractivity contribution in [1.29, 1.82) is 0 Å². The fourth-order valence-corrected chi connectivity index (χ4v) is 6.98. The van der Waals surface area contributed by atoms with Gasteiger partial charge in [0.15, 0.2) is 12.2 Å². The Kier molecular flexibility index (Phi) is 10.9. The molecule has 4 rings (SSSR count). The van der Waals surface area contributed by atoms with Gasteiger partial charge in [-0.2, -0.15) is 0 Å². The van der Waals surface area contributed by atoms with Gasteiger partial charge in [-0.1, -0.05) is 72.8 Å². The van der Waals surface area contributed by atoms with Crippen molar-refractivity contribution in [2.75, 3.05) is 6.61 Å². The van der Waals surface area contributed by atoms with Crippen LogP contribution in [0.2, 0.25) is 0 Å². The van der Waals surface area contributed by atoms with Gasteiger partial charge in [0.25, 0.3) is 0 Å². The van der Waals surface area contributed by atoms with Crippen LogP contribution >= 0.6 is 7.92 Å². The highest BCUT2D eigenvalue weighted by molar-refractivity contribution is 7.79. The zero-order valence-electron chi connectivity index (χ0n) is 24.2. The van der Waals surface area contributed by atoms with Gasteiger partial charge in [0, 0.05) is 27.7 Å². The van der Waals surface area contributed by atoms with E-state index in [9.17, 15) is 19.2 Å². The van der Waals surface area contributed by atoms with Crippen LogP contribution < -0.4 is 20.7 Å². The van der Waals surface area contributed by atoms with Crippen LogP contribution in [0.1, 0.15) is 27.7 Å². The second-order valence-corrected chi connectivity index (χ2v) is 11.9. The van der Waals surface area contributed by atoms with Crippen LogP contribution in [0.3, 0.4) is 0 Å². The Balaban J connectivity index is 1.66. The maximum atomic E-state index is 12.1. The van der Waals surface area contributed by atoms with Gasteiger partial charge in [-0.25, -0.2) is 0 Å². The van der Waals surface area contributed by atoms with Gasteiger partial charge in [0.2, 0.25) is 12.4 Å². The van der Waals surface area contributed by atoms with E-state index in [1.54, 1.807) is 12.1 Å². The minimum atomic E-state index is -1.32. The van der Waals surface area contributed by atoms with E-state index < -0.39 is 62.5 Å². The molecule has 226 valence electrons. The van der Waals surface area contributed by atoms with Gasteiger partial charge in [0.05, 0.1) is 0 Å². The number of hydrogen-bond acceptors (Lipinski definition) is 10. The molecule has 0 radical (unpaired) electrons. The van der Waals surface area contributed by atoms with E-state index in [-0.39, 0.29) is 6.61 Å². The Morgan fingerprint density at radius 1 is 0.605 bits per heavy atom. The average Bonchev–Trinajstić information content (AvgIpc) is 2.96. The van der Waals surface area contributed by atoms with Crippen LogP contribution in [-0.2, 0) is 42.9 Å². The van der Waals surface area contributed by atoms with Crippen LogP contribution in [0.5, 0.6) is 5.75 Å². The molecule has 0 spiro atoms. The molecule has 0 aromatic heterocycles. The molecule has 1 saturated heterocycles. The van der Waals surface area contributed by atoms with Crippen LogP contribution in [-0.4, -0.2) is 61.2 Å². The third kappa shape index (κ3) is 8.63. The van der Waals surface area contributed by atoms with Crippen molar-refractivity contribution in [3.8, 4) is 5.75 Å². The van der Waals surface area contributed by atoms with Crippen LogP contribution in [0.15, 0.2) is 84.9 Å². The number of hydrogen-bond donors (Lipinski definition) is 0. The number of carbonyl (C=O) groups excluding carboxylic acids is 4. The molecule has 11 heteroatoms. The lowest BCUT2D eigenvalue weighted by Crippen LogP contribution is -2.63. The fourth-order valence-electron chi connectivity index (χ4n) is 4.69. The highest BCUT2D eigenvalue weighted by Gasteiger charge is 2.53. The van der Waals surface area contributed by atoms with Crippen molar-refractivity contribution < 1.29 is 47.6 Å². The first kappa shape index (κ1) is 31.7. The summed E-state index contributed by atoms with van der Waals surface area (Å²) in [5, 5.41) is 3.43. The van der Waals surface area contributed by atoms with Crippen LogP contribution in [0.4, 0.5) is 0 Å². The smallest absolute Gasteiger partial charge is 0.303 e. The van der Waals surface area contributed by atoms with Gasteiger partial charge in [-0.3, -0.25) is 19.2 Å². The van der Waals surface area contributed by atoms with E-state index >= 15 is 0 Å². The zero-order chi connectivity index (χ0) is 30.9. The first-order valence-electron chi connectivity index (χ1n) is 13.6. The standard InChI is InChI=1S/C32H33O10P/c1-20(33)37-19-28-29(38-21(2)34)30(39-22(3)35)31(40-23(4)36)32(42-28)41-24-15-17-27(18-16-24)43(25-11-7-5-8-12-25)26-13-9-6-10-14-26/h5-18,28-32H,19H2,1-4H3. The number of rotatable bonds is 10. The third-order valence-corrected chi connectivity index (χ3v) is 8.77. The summed E-state index contributed by atoms with van der Waals surface area (Å²) in [5.41, 5.74) is 0. The molecule has 0 amide bonds. The van der Waals surface area contributed by atoms with E-state index in [1.165, 1.54) is 38.3 Å². The normalized spacial score (nSPS) is 21.4. The molecule has 0 aliphatic carbocycles. The molecule has 10 nitrogen and oxygen atoms in total. The Morgan fingerprint density at radius 2 is 1.07 bits per heavy atom. The predicted molar refractivity (Wildman–Crippen MR) is 158 cm³/mol. The van der Waals surface area contributed by atoms with E-state index in [0.29, 0.717) is 5.75 Å². The lowest BCUT2D eigenvalue weighted by atomic mass is 9.98. The summed E-state index contributed by atoms with van der Waals surface area (Å²) in [4.78, 5) is 47.7. The van der Waals surface area contributed by atoms with Gasteiger partial charge in [-0.15, -0.1) is 0 Å². The predicted octanol–water partition coefficient (Wildman–Crippen LogP) is 2.91. The van der Waals surface area contributed by atoms with Crippen molar-refractivity contribution in [3.05, 3.63) is 84.9 Å². The summed E-state index contributed by atoms with van der Waals surface area (Å²) in [5.74, 6) is -2.35. The number of carbonyl (C=O) groups is 4. The van der Waals surface area contributed by atoms with Gasteiger partial charge in [0.1, 0.15) is 18.5 Å². The first-order valence-corrected chi connectivity index (χ1v) is 14.9. The topological polar surface area (TPSA) is 124 Å². The molecule has 43 heavy (non-hydrogen) atoms. The second-order valence-electron chi connectivity index (χ2n) is 9.69. The Morgan fingerprint density at radius 3 is 1.56 bits per heavy atom. The van der Waals surface area contributed by atoms with E-state index in [4.69, 9.17) is 28.4 Å². The Hall–Kier alpha value is -4.27. The Labute approximate surface area is 250 Å². The molecule has 3 aromatic rings. The molecule has 1 aliphatic heterocycles. The van der Waals surface area contributed by atoms with Crippen LogP contribution in [0.25, 0.3) is 0 Å². The number of benzene rings is 3. The van der Waals surface area contributed by atoms with Crippen molar-refractivity contribution in [3.63, 3.8) is 0 Å². The number of esters is 4. The van der Waals surface area contributed by atoms with Crippen LogP contribution in [0, 0.1) is 0 Å². The summed E-state index contributed by atoms with van der Waals surface area (Å²) < 4.78 is 33.7. The monoisotopic (exact) mass is 608 g/mol. The van der Waals surface area contributed by atoms with E-state index in [0.717, 1.165) is 5.30 Å². The van der Waals surface area contributed by atoms with Gasteiger partial charge >= 0.3 is 23.9 Å². The van der Waals surface area contributed by atoms with Gasteiger partial charge < -0.3 is 28.4 Å². The summed E-state index contributed by atoms with van der Waals surface area (Å²) in [6, 6.07) is 27.8. The van der Waals surface area contributed by atoms with Crippen molar-refractivity contribution in [2.24, 2.45) is 0 Å². The average molecular weight is 609 g/mol. The first-order chi connectivity index (χ1) is 20.6. The minimum absolute atomic E-state index is 0.338. The van der Waals surface area contributed by atoms with Crippen molar-refractivity contribution in [2.45, 2.75) is 58.4 Å². The molecule has 1 fully saturated rings. The zero-order valence-corrected chi connectivity index (χ0v) is 25.1. The summed E-state index contributed by atoms with van der Waals surface area (Å²) in [6.07, 6.45) is -6.29. The maximum absolute atomic E-state index is 12.1. The molecular formula is C32H33O10P. The van der Waals surface area contributed by atoms with Crippen molar-refractivity contribution >= 4 is 47.7 Å². The lowest BCUT2D eigenvalue weighted by Gasteiger charge is -2.43. The quantitative estimate of drug-likeness (QED) is 0.193. The van der Waals surface area contributed by atoms with Gasteiger partial charge in [-0.05, 0) is 36.0 Å². The molecule has 1 aliphatic rings. The van der Waals surface area contributed by atoms with Crippen molar-refractivity contribution in [1.82, 2.24) is 0 Å². The Bertz CT molecular complexity index is 1360. The minimum Gasteiger partial charge on any atom is -0.463 e. The number of ether oxygens (including phenoxy) is 6. The highest BCUT2D eigenvalue weighted by Crippen LogP contribution is 2.34. The molecule has 0 N–H and O–H groups in total. The highest BCUT2D eigenvalue weighted by atomic mass is 31.1. The lowest BCUT2D eigenvalue weighted by molar-refractivity contribution is -0.288. The molecule has 5 unspecified atom stereocenters.